The first-order valence-electron chi connectivity index (χ1n) is 31.3. The molecule has 0 amide bonds. The maximum atomic E-state index is 13.4. The number of carbonyl (C=O) groups is 4. The van der Waals surface area contributed by atoms with Crippen LogP contribution in [0.3, 0.4) is 0 Å². The maximum Gasteiger partial charge on any atom is 2.00 e. The molecule has 4 heterocycles. The van der Waals surface area contributed by atoms with E-state index in [1.54, 1.807) is 48.5 Å². The Balaban J connectivity index is 0.00000738. The summed E-state index contributed by atoms with van der Waals surface area (Å²) in [6, 6.07) is 80.1. The molecular weight excluding hydrogens is 1300 g/mol. The molecule has 97 heavy (non-hydrogen) atoms. The molecule has 3 aliphatic rings. The third-order valence-corrected chi connectivity index (χ3v) is 18.8. The van der Waals surface area contributed by atoms with Crippen LogP contribution in [-0.2, 0) is 39.4 Å². The summed E-state index contributed by atoms with van der Waals surface area (Å²) in [5.41, 5.74) is 15.0. The quantitative estimate of drug-likeness (QED) is 0.0806. The average Bonchev–Trinajstić information content (AvgIpc) is 1.56. The molecule has 0 unspecified atom stereocenters. The first-order valence-corrected chi connectivity index (χ1v) is 31.3. The molecule has 17 rings (SSSR count). The summed E-state index contributed by atoms with van der Waals surface area (Å²) in [5, 5.41) is 11.0. The molecule has 0 spiro atoms. The van der Waals surface area contributed by atoms with E-state index in [1.165, 1.54) is 28.4 Å². The minimum Gasteiger partial charge on any atom is -0.656 e. The number of esters is 4. The minimum absolute atomic E-state index is 0. The first-order chi connectivity index (χ1) is 47.0. The Kier molecular flexibility index (Phi) is 14.6. The molecule has 12 aromatic carbocycles. The molecule has 12 nitrogen and oxygen atoms in total. The largest absolute Gasteiger partial charge is 2.00 e. The zero-order valence-corrected chi connectivity index (χ0v) is 54.0. The number of rotatable bonds is 8. The average molecular weight is 1350 g/mol. The van der Waals surface area contributed by atoms with Gasteiger partial charge in [0.15, 0.2) is 0 Å². The van der Waals surface area contributed by atoms with Gasteiger partial charge in [-0.05, 0) is 206 Å². The Bertz CT molecular complexity index is 5340. The van der Waals surface area contributed by atoms with Crippen molar-refractivity contribution in [3.8, 4) is 89.5 Å². The van der Waals surface area contributed by atoms with Gasteiger partial charge in [0.25, 0.3) is 0 Å². The van der Waals surface area contributed by atoms with Crippen LogP contribution in [0.4, 0.5) is 0 Å². The van der Waals surface area contributed by atoms with Gasteiger partial charge < -0.3 is 28.9 Å². The van der Waals surface area contributed by atoms with Gasteiger partial charge >= 0.3 is 44.3 Å². The van der Waals surface area contributed by atoms with Crippen molar-refractivity contribution in [1.29, 1.82) is 0 Å². The number of benzene rings is 12. The minimum atomic E-state index is -0.488. The van der Waals surface area contributed by atoms with Gasteiger partial charge in [-0.3, -0.25) is 0 Å². The van der Waals surface area contributed by atoms with E-state index in [4.69, 9.17) is 38.9 Å². The van der Waals surface area contributed by atoms with Crippen molar-refractivity contribution in [3.63, 3.8) is 0 Å². The fourth-order valence-corrected chi connectivity index (χ4v) is 14.1. The number of nitrogens with zero attached hydrogens (tertiary/aromatic N) is 4. The van der Waals surface area contributed by atoms with Crippen molar-refractivity contribution >= 4 is 111 Å². The number of aromatic nitrogens is 4. The number of hydrogen-bond acceptors (Lipinski definition) is 10. The Hall–Kier alpha value is -12.1. The zero-order valence-electron chi connectivity index (χ0n) is 52.5. The zero-order chi connectivity index (χ0) is 65.0. The number of hydrogen-bond donors (Lipinski definition) is 0. The number of methoxy groups -OCH3 is 4. The van der Waals surface area contributed by atoms with Crippen molar-refractivity contribution in [2.75, 3.05) is 28.4 Å². The molecule has 14 aromatic rings. The van der Waals surface area contributed by atoms with Crippen LogP contribution < -0.4 is 9.97 Å². The normalized spacial score (nSPS) is 11.6. The summed E-state index contributed by atoms with van der Waals surface area (Å²) in [5.74, 6) is -1.95. The molecule has 0 saturated heterocycles. The maximum absolute atomic E-state index is 13.4. The van der Waals surface area contributed by atoms with Gasteiger partial charge in [0.2, 0.25) is 0 Å². The van der Waals surface area contributed by atoms with Crippen LogP contribution in [0.2, 0.25) is 0 Å². The van der Waals surface area contributed by atoms with E-state index in [1.807, 2.05) is 97.1 Å². The van der Waals surface area contributed by atoms with Crippen molar-refractivity contribution < 1.29 is 58.5 Å². The van der Waals surface area contributed by atoms with Gasteiger partial charge in [0, 0.05) is 22.3 Å². The predicted octanol–water partition coefficient (Wildman–Crippen LogP) is 19.0. The molecule has 0 atom stereocenters. The van der Waals surface area contributed by atoms with E-state index >= 15 is 0 Å². The van der Waals surface area contributed by atoms with Crippen LogP contribution in [0.1, 0.15) is 41.4 Å². The molecule has 0 N–H and O–H groups in total. The SMILES string of the molecule is COC(=O)c1ccc(-c2c3nc(c(-c4ccc(C(=O)OC)cc4)c4[n-]c(c(-c5ccc(C(=O)OC)cc5)c5nc(c(-c6ccc(C(=O)OC)cc6)c6[n-]c2c2cc7ccccc7cc62)-c2cc6ccccc6cc2-5)c2cc5ccccc5cc42)-c2cc4ccccc4cc2-3)cc1.[Pd+2]. The van der Waals surface area contributed by atoms with Crippen LogP contribution in [-0.4, -0.2) is 62.3 Å². The Labute approximate surface area is 568 Å². The molecule has 0 fully saturated rings. The van der Waals surface area contributed by atoms with Crippen LogP contribution in [0.25, 0.3) is 176 Å². The Morgan fingerprint density at radius 3 is 0.639 bits per heavy atom. The number of fused-ring (bicyclic) bond motifs is 4. The number of ether oxygens (including phenoxy) is 4. The second-order valence-electron chi connectivity index (χ2n) is 24.0. The van der Waals surface area contributed by atoms with Crippen molar-refractivity contribution in [2.45, 2.75) is 0 Å². The molecule has 2 aromatic heterocycles. The Morgan fingerprint density at radius 2 is 0.454 bits per heavy atom. The number of carbonyl (C=O) groups excluding carboxylic acids is 4. The van der Waals surface area contributed by atoms with Crippen LogP contribution in [0.15, 0.2) is 243 Å². The molecule has 0 radical (unpaired) electrons. The van der Waals surface area contributed by atoms with Gasteiger partial charge in [0.1, 0.15) is 0 Å². The van der Waals surface area contributed by atoms with Crippen LogP contribution in [0, 0.1) is 0 Å². The van der Waals surface area contributed by atoms with E-state index in [2.05, 4.69) is 97.1 Å². The summed E-state index contributed by atoms with van der Waals surface area (Å²) < 4.78 is 21.1. The van der Waals surface area contributed by atoms with Gasteiger partial charge in [-0.2, -0.15) is 0 Å². The van der Waals surface area contributed by atoms with Gasteiger partial charge in [-0.1, -0.05) is 146 Å². The van der Waals surface area contributed by atoms with Gasteiger partial charge in [-0.25, -0.2) is 29.1 Å². The summed E-state index contributed by atoms with van der Waals surface area (Å²) in [4.78, 5) is 77.9. The molecule has 2 aliphatic heterocycles. The smallest absolute Gasteiger partial charge is 0.656 e. The van der Waals surface area contributed by atoms with Crippen molar-refractivity contribution in [2.24, 2.45) is 0 Å². The van der Waals surface area contributed by atoms with E-state index in [9.17, 15) is 19.2 Å². The molecule has 0 saturated carbocycles. The van der Waals surface area contributed by atoms with E-state index in [-0.39, 0.29) is 20.4 Å². The fraction of sp³-hybridized carbons (Fsp3) is 0.0476. The second kappa shape index (κ2) is 23.7. The summed E-state index contributed by atoms with van der Waals surface area (Å²) in [6.07, 6.45) is 0. The predicted molar refractivity (Wildman–Crippen MR) is 380 cm³/mol. The van der Waals surface area contributed by atoms with Gasteiger partial charge in [-0.15, -0.1) is 22.1 Å². The summed E-state index contributed by atoms with van der Waals surface area (Å²) in [7, 11) is 5.48. The van der Waals surface area contributed by atoms with Crippen LogP contribution in [0.5, 0.6) is 0 Å². The van der Waals surface area contributed by atoms with Crippen molar-refractivity contribution in [3.05, 3.63) is 265 Å². The van der Waals surface area contributed by atoms with E-state index in [0.29, 0.717) is 112 Å². The fourth-order valence-electron chi connectivity index (χ4n) is 14.1. The topological polar surface area (TPSA) is 159 Å². The van der Waals surface area contributed by atoms with E-state index < -0.39 is 23.9 Å². The first kappa shape index (κ1) is 59.8. The molecule has 466 valence electrons. The third-order valence-electron chi connectivity index (χ3n) is 18.8. The van der Waals surface area contributed by atoms with Crippen molar-refractivity contribution in [1.82, 2.24) is 19.9 Å². The monoisotopic (exact) mass is 1350 g/mol. The summed E-state index contributed by atoms with van der Waals surface area (Å²) >= 11 is 0. The van der Waals surface area contributed by atoms with E-state index in [0.717, 1.165) is 86.9 Å². The molecule has 1 aliphatic carbocycles. The standard InChI is InChI=1S/C84H53N4O8.Pd/c1-93-81(89)49-29-21-45(22-30-49)69-73-61-37-53-13-5-7-15-55(53)39-63(61)75(85-73)70(46-23-31-50(32-24-46)82(90)94-2)77-65-41-57-17-9-11-19-59(57)43-67(65)79(87-77)72(48-27-35-52(36-28-48)84(92)96-4)80-68-44-60-20-12-10-18-58(60)42-66(68)78(88-80)71(47-25-33-51(34-26-47)83(91)95-3)76-64-40-56-16-8-6-14-54(56)38-62(64)74(69)86-76;/h5-44H,1-4H3,(H-,85,86,87,88,89,90,91,92);/q-1;+2/p-1. The molecular formula is C84H52N4O8Pd. The third kappa shape index (κ3) is 9.77. The van der Waals surface area contributed by atoms with Crippen LogP contribution >= 0.6 is 0 Å². The second-order valence-corrected chi connectivity index (χ2v) is 24.0. The summed E-state index contributed by atoms with van der Waals surface area (Å²) in [6.45, 7) is 0. The molecule has 13 heteroatoms. The Morgan fingerprint density at radius 1 is 0.268 bits per heavy atom. The van der Waals surface area contributed by atoms with Gasteiger partial charge in [0.05, 0.1) is 73.5 Å². The molecule has 8 bridgehead atoms.